The van der Waals surface area contributed by atoms with E-state index in [1.165, 1.54) is 0 Å². The second-order valence-electron chi connectivity index (χ2n) is 5.08. The van der Waals surface area contributed by atoms with Crippen molar-refractivity contribution >= 4 is 5.82 Å². The van der Waals surface area contributed by atoms with E-state index in [0.717, 1.165) is 42.6 Å². The topological polar surface area (TPSA) is 54.2 Å². The SMILES string of the molecule is CCN(CC)C(CNc1nc(C)cnc1C)c1ccco1. The molecule has 21 heavy (non-hydrogen) atoms. The second-order valence-corrected chi connectivity index (χ2v) is 5.08. The van der Waals surface area contributed by atoms with E-state index in [-0.39, 0.29) is 6.04 Å². The summed E-state index contributed by atoms with van der Waals surface area (Å²) in [5.41, 5.74) is 1.83. The van der Waals surface area contributed by atoms with E-state index in [4.69, 9.17) is 4.42 Å². The third-order valence-electron chi connectivity index (χ3n) is 3.66. The van der Waals surface area contributed by atoms with Crippen molar-refractivity contribution in [3.05, 3.63) is 41.7 Å². The van der Waals surface area contributed by atoms with Crippen LogP contribution in [0, 0.1) is 13.8 Å². The first-order valence-electron chi connectivity index (χ1n) is 7.47. The van der Waals surface area contributed by atoms with Crippen molar-refractivity contribution in [1.82, 2.24) is 14.9 Å². The van der Waals surface area contributed by atoms with E-state index in [1.807, 2.05) is 26.0 Å². The molecular weight excluding hydrogens is 264 g/mol. The van der Waals surface area contributed by atoms with Crippen LogP contribution in [0.4, 0.5) is 5.82 Å². The summed E-state index contributed by atoms with van der Waals surface area (Å²) >= 11 is 0. The van der Waals surface area contributed by atoms with E-state index >= 15 is 0 Å². The van der Waals surface area contributed by atoms with Gasteiger partial charge < -0.3 is 9.73 Å². The minimum atomic E-state index is 0.191. The summed E-state index contributed by atoms with van der Waals surface area (Å²) in [6, 6.07) is 4.15. The molecule has 0 fully saturated rings. The molecule has 0 bridgehead atoms. The van der Waals surface area contributed by atoms with E-state index < -0.39 is 0 Å². The van der Waals surface area contributed by atoms with Gasteiger partial charge in [0, 0.05) is 12.7 Å². The van der Waals surface area contributed by atoms with Gasteiger partial charge in [0.2, 0.25) is 0 Å². The molecule has 1 N–H and O–H groups in total. The van der Waals surface area contributed by atoms with Gasteiger partial charge in [-0.1, -0.05) is 13.8 Å². The number of aromatic nitrogens is 2. The average molecular weight is 288 g/mol. The number of nitrogens with one attached hydrogen (secondary N) is 1. The molecule has 1 atom stereocenters. The Labute approximate surface area is 126 Å². The predicted molar refractivity (Wildman–Crippen MR) is 84.4 cm³/mol. The van der Waals surface area contributed by atoms with Gasteiger partial charge in [-0.3, -0.25) is 9.88 Å². The predicted octanol–water partition coefficient (Wildman–Crippen LogP) is 3.18. The van der Waals surface area contributed by atoms with Crippen LogP contribution < -0.4 is 5.32 Å². The van der Waals surface area contributed by atoms with Gasteiger partial charge in [-0.05, 0) is 39.1 Å². The van der Waals surface area contributed by atoms with Crippen molar-refractivity contribution in [3.63, 3.8) is 0 Å². The molecule has 114 valence electrons. The number of likely N-dealkylation sites (N-methyl/N-ethyl adjacent to an activating group) is 1. The molecule has 0 radical (unpaired) electrons. The van der Waals surface area contributed by atoms with Crippen LogP contribution in [0.3, 0.4) is 0 Å². The Kier molecular flexibility index (Phi) is 5.33. The first-order chi connectivity index (χ1) is 10.2. The molecule has 2 heterocycles. The van der Waals surface area contributed by atoms with Gasteiger partial charge in [0.1, 0.15) is 11.6 Å². The van der Waals surface area contributed by atoms with Gasteiger partial charge in [0.05, 0.1) is 23.7 Å². The molecule has 1 unspecified atom stereocenters. The molecule has 0 saturated heterocycles. The fourth-order valence-corrected chi connectivity index (χ4v) is 2.45. The highest BCUT2D eigenvalue weighted by molar-refractivity contribution is 5.39. The highest BCUT2D eigenvalue weighted by Crippen LogP contribution is 2.22. The second kappa shape index (κ2) is 7.22. The highest BCUT2D eigenvalue weighted by Gasteiger charge is 2.20. The van der Waals surface area contributed by atoms with Crippen molar-refractivity contribution in [2.45, 2.75) is 33.7 Å². The normalized spacial score (nSPS) is 12.6. The first-order valence-corrected chi connectivity index (χ1v) is 7.47. The monoisotopic (exact) mass is 288 g/mol. The van der Waals surface area contributed by atoms with Crippen LogP contribution in [0.5, 0.6) is 0 Å². The zero-order chi connectivity index (χ0) is 15.2. The van der Waals surface area contributed by atoms with Crippen LogP contribution in [0.25, 0.3) is 0 Å². The van der Waals surface area contributed by atoms with Crippen LogP contribution in [0.15, 0.2) is 29.0 Å². The van der Waals surface area contributed by atoms with Crippen molar-refractivity contribution in [3.8, 4) is 0 Å². The van der Waals surface area contributed by atoms with Gasteiger partial charge in [0.25, 0.3) is 0 Å². The third kappa shape index (κ3) is 3.82. The van der Waals surface area contributed by atoms with Crippen LogP contribution >= 0.6 is 0 Å². The maximum Gasteiger partial charge on any atom is 0.147 e. The van der Waals surface area contributed by atoms with Crippen LogP contribution in [0.1, 0.15) is 37.0 Å². The van der Waals surface area contributed by atoms with Crippen molar-refractivity contribution < 1.29 is 4.42 Å². The number of rotatable bonds is 7. The van der Waals surface area contributed by atoms with E-state index in [1.54, 1.807) is 12.5 Å². The van der Waals surface area contributed by atoms with Gasteiger partial charge in [-0.25, -0.2) is 4.98 Å². The molecule has 0 aliphatic carbocycles. The molecule has 0 spiro atoms. The van der Waals surface area contributed by atoms with Crippen molar-refractivity contribution in [2.75, 3.05) is 25.0 Å². The molecule has 2 aromatic heterocycles. The first kappa shape index (κ1) is 15.5. The molecule has 2 aromatic rings. The van der Waals surface area contributed by atoms with E-state index in [9.17, 15) is 0 Å². The Morgan fingerprint density at radius 1 is 1.29 bits per heavy atom. The molecule has 0 saturated carbocycles. The lowest BCUT2D eigenvalue weighted by atomic mass is 10.2. The lowest BCUT2D eigenvalue weighted by Gasteiger charge is -2.28. The summed E-state index contributed by atoms with van der Waals surface area (Å²) in [6.45, 7) is 10.9. The highest BCUT2D eigenvalue weighted by atomic mass is 16.3. The molecule has 0 aromatic carbocycles. The van der Waals surface area contributed by atoms with Crippen molar-refractivity contribution in [1.29, 1.82) is 0 Å². The smallest absolute Gasteiger partial charge is 0.147 e. The summed E-state index contributed by atoms with van der Waals surface area (Å²) in [6.07, 6.45) is 3.51. The number of aryl methyl sites for hydroxylation is 2. The Morgan fingerprint density at radius 3 is 2.67 bits per heavy atom. The van der Waals surface area contributed by atoms with E-state index in [0.29, 0.717) is 0 Å². The maximum absolute atomic E-state index is 5.60. The molecule has 0 amide bonds. The number of hydrogen-bond donors (Lipinski definition) is 1. The molecule has 2 rings (SSSR count). The van der Waals surface area contributed by atoms with Crippen LogP contribution in [0.2, 0.25) is 0 Å². The average Bonchev–Trinajstić information content (AvgIpc) is 3.00. The van der Waals surface area contributed by atoms with Crippen LogP contribution in [-0.2, 0) is 0 Å². The summed E-state index contributed by atoms with van der Waals surface area (Å²) in [4.78, 5) is 11.2. The Morgan fingerprint density at radius 2 is 2.05 bits per heavy atom. The molecular formula is C16H24N4O. The fourth-order valence-electron chi connectivity index (χ4n) is 2.45. The molecule has 5 nitrogen and oxygen atoms in total. The molecule has 0 aliphatic rings. The summed E-state index contributed by atoms with van der Waals surface area (Å²) in [7, 11) is 0. The number of hydrogen-bond acceptors (Lipinski definition) is 5. The zero-order valence-electron chi connectivity index (χ0n) is 13.3. The Balaban J connectivity index is 2.14. The maximum atomic E-state index is 5.60. The summed E-state index contributed by atoms with van der Waals surface area (Å²) in [5, 5.41) is 3.42. The minimum Gasteiger partial charge on any atom is -0.468 e. The zero-order valence-corrected chi connectivity index (χ0v) is 13.3. The third-order valence-corrected chi connectivity index (χ3v) is 3.66. The fraction of sp³-hybridized carbons (Fsp3) is 0.500. The lowest BCUT2D eigenvalue weighted by Crippen LogP contribution is -2.33. The van der Waals surface area contributed by atoms with Gasteiger partial charge in [0.15, 0.2) is 0 Å². The number of furan rings is 1. The standard InChI is InChI=1S/C16H24N4O/c1-5-20(6-2)14(15-8-7-9-21-15)11-18-16-13(4)17-10-12(3)19-16/h7-10,14H,5-6,11H2,1-4H3,(H,18,19). The summed E-state index contributed by atoms with van der Waals surface area (Å²) < 4.78 is 5.60. The Bertz CT molecular complexity index is 549. The quantitative estimate of drug-likeness (QED) is 0.848. The largest absolute Gasteiger partial charge is 0.468 e. The Hall–Kier alpha value is -1.88. The molecule has 5 heteroatoms. The van der Waals surface area contributed by atoms with E-state index in [2.05, 4.69) is 34.0 Å². The van der Waals surface area contributed by atoms with Gasteiger partial charge in [-0.2, -0.15) is 0 Å². The van der Waals surface area contributed by atoms with Gasteiger partial charge >= 0.3 is 0 Å². The van der Waals surface area contributed by atoms with Crippen molar-refractivity contribution in [2.24, 2.45) is 0 Å². The lowest BCUT2D eigenvalue weighted by molar-refractivity contribution is 0.201. The number of anilines is 1. The van der Waals surface area contributed by atoms with Gasteiger partial charge in [-0.15, -0.1) is 0 Å². The van der Waals surface area contributed by atoms with Crippen LogP contribution in [-0.4, -0.2) is 34.5 Å². The molecule has 0 aliphatic heterocycles. The number of nitrogens with zero attached hydrogens (tertiary/aromatic N) is 3. The minimum absolute atomic E-state index is 0.191. The summed E-state index contributed by atoms with van der Waals surface area (Å²) in [5.74, 6) is 1.82.